The molecule has 0 fully saturated rings. The molecule has 9 nitrogen and oxygen atoms in total. The fraction of sp³-hybridized carbons (Fsp3) is 0.100. The van der Waals surface area contributed by atoms with E-state index in [4.69, 9.17) is 5.11 Å². The van der Waals surface area contributed by atoms with Crippen LogP contribution >= 0.6 is 0 Å². The third kappa shape index (κ3) is 3.98. The first-order valence-corrected chi connectivity index (χ1v) is 10.7. The van der Waals surface area contributed by atoms with Crippen LogP contribution in [0.5, 0.6) is 0 Å². The lowest BCUT2D eigenvalue weighted by atomic mass is 10.1. The zero-order valence-corrected chi connectivity index (χ0v) is 16.5. The van der Waals surface area contributed by atoms with E-state index in [0.717, 1.165) is 6.26 Å². The lowest BCUT2D eigenvalue weighted by Crippen LogP contribution is -2.10. The molecule has 0 amide bonds. The number of hydrogen-bond donors (Lipinski definition) is 2. The molecule has 0 saturated heterocycles. The first-order chi connectivity index (χ1) is 14.2. The van der Waals surface area contributed by atoms with Crippen molar-refractivity contribution in [3.63, 3.8) is 0 Å². The molecule has 0 spiro atoms. The summed E-state index contributed by atoms with van der Waals surface area (Å²) in [4.78, 5) is 28.4. The van der Waals surface area contributed by atoms with Gasteiger partial charge in [0, 0.05) is 40.0 Å². The van der Waals surface area contributed by atoms with Crippen LogP contribution in [-0.2, 0) is 21.4 Å². The van der Waals surface area contributed by atoms with E-state index in [1.165, 1.54) is 16.9 Å². The number of pyridine rings is 1. The van der Waals surface area contributed by atoms with Gasteiger partial charge in [0.2, 0.25) is 10.0 Å². The van der Waals surface area contributed by atoms with Crippen molar-refractivity contribution < 1.29 is 18.3 Å². The second-order valence-corrected chi connectivity index (χ2v) is 8.56. The molecule has 0 unspecified atom stereocenters. The summed E-state index contributed by atoms with van der Waals surface area (Å²) in [5.41, 5.74) is 1.71. The fourth-order valence-corrected chi connectivity index (χ4v) is 3.73. The zero-order valence-electron chi connectivity index (χ0n) is 15.7. The van der Waals surface area contributed by atoms with Crippen LogP contribution in [-0.4, -0.2) is 40.5 Å². The molecule has 0 aliphatic heterocycles. The highest BCUT2D eigenvalue weighted by Crippen LogP contribution is 2.23. The van der Waals surface area contributed by atoms with Crippen LogP contribution in [0.1, 0.15) is 0 Å². The molecular weight excluding hydrogens is 408 g/mol. The molecule has 2 N–H and O–H groups in total. The van der Waals surface area contributed by atoms with Crippen molar-refractivity contribution in [1.82, 2.24) is 14.8 Å². The minimum atomic E-state index is -3.48. The number of hydrogen-bond acceptors (Lipinski definition) is 6. The topological polar surface area (TPSA) is 131 Å². The van der Waals surface area contributed by atoms with Crippen molar-refractivity contribution in [2.24, 2.45) is 0 Å². The third-order valence-corrected chi connectivity index (χ3v) is 5.06. The number of rotatable bonds is 5. The Morgan fingerprint density at radius 2 is 1.87 bits per heavy atom. The summed E-state index contributed by atoms with van der Waals surface area (Å²) >= 11 is 0. The predicted octanol–water partition coefficient (Wildman–Crippen LogP) is 2.07. The Kier molecular flexibility index (Phi) is 4.70. The second-order valence-electron chi connectivity index (χ2n) is 6.82. The number of benzene rings is 1. The summed E-state index contributed by atoms with van der Waals surface area (Å²) in [7, 11) is -3.48. The summed E-state index contributed by atoms with van der Waals surface area (Å²) in [6.07, 6.45) is 5.70. The van der Waals surface area contributed by atoms with Gasteiger partial charge in [0.05, 0.1) is 18.0 Å². The summed E-state index contributed by atoms with van der Waals surface area (Å²) in [6.45, 7) is -0.274. The van der Waals surface area contributed by atoms with Crippen molar-refractivity contribution in [3.8, 4) is 11.1 Å². The van der Waals surface area contributed by atoms with Crippen LogP contribution < -0.4 is 10.2 Å². The minimum Gasteiger partial charge on any atom is -0.480 e. The molecule has 0 bridgehead atoms. The lowest BCUT2D eigenvalue weighted by molar-refractivity contribution is -0.137. The van der Waals surface area contributed by atoms with Gasteiger partial charge in [-0.3, -0.25) is 24.0 Å². The number of carboxylic acids is 1. The molecule has 30 heavy (non-hydrogen) atoms. The van der Waals surface area contributed by atoms with E-state index in [1.807, 2.05) is 0 Å². The maximum Gasteiger partial charge on any atom is 0.325 e. The number of sulfonamides is 1. The SMILES string of the molecule is CS(=O)(=O)Nc1ccc2ccc3ncc(-c4cnn(CC(=O)O)c4)cc3c(=O)c2c1. The van der Waals surface area contributed by atoms with E-state index in [9.17, 15) is 18.0 Å². The number of fused-ring (bicyclic) bond motifs is 2. The van der Waals surface area contributed by atoms with E-state index < -0.39 is 16.0 Å². The monoisotopic (exact) mass is 424 g/mol. The van der Waals surface area contributed by atoms with Crippen molar-refractivity contribution in [2.75, 3.05) is 11.0 Å². The van der Waals surface area contributed by atoms with Crippen LogP contribution in [0, 0.1) is 0 Å². The quantitative estimate of drug-likeness (QED) is 0.501. The van der Waals surface area contributed by atoms with Gasteiger partial charge in [0.25, 0.3) is 0 Å². The molecular formula is C20H16N4O5S. The number of anilines is 1. The zero-order chi connectivity index (χ0) is 21.5. The van der Waals surface area contributed by atoms with E-state index in [2.05, 4.69) is 14.8 Å². The Morgan fingerprint density at radius 3 is 2.60 bits per heavy atom. The molecule has 2 aromatic heterocycles. The highest BCUT2D eigenvalue weighted by molar-refractivity contribution is 7.92. The molecule has 4 rings (SSSR count). The molecule has 0 aliphatic carbocycles. The normalized spacial score (nSPS) is 11.6. The summed E-state index contributed by atoms with van der Waals surface area (Å²) in [5, 5.41) is 14.2. The standard InChI is InChI=1S/C20H16N4O5S/c1-30(28,29)23-15-4-2-12-3-5-18-17(20(27)16(12)7-15)6-13(8-21-18)14-9-22-24(10-14)11-19(25)26/h2-10,23H,11H2,1H3,(H,25,26). The van der Waals surface area contributed by atoms with Gasteiger partial charge in [-0.15, -0.1) is 0 Å². The number of carboxylic acid groups (broad SMARTS) is 1. The average Bonchev–Trinajstić information content (AvgIpc) is 3.07. The Balaban J connectivity index is 1.88. The second kappa shape index (κ2) is 7.23. The molecule has 0 radical (unpaired) electrons. The number of aliphatic carboxylic acids is 1. The molecule has 10 heteroatoms. The Bertz CT molecular complexity index is 1480. The molecule has 0 atom stereocenters. The maximum absolute atomic E-state index is 13.2. The molecule has 0 aliphatic rings. The van der Waals surface area contributed by atoms with E-state index in [-0.39, 0.29) is 12.0 Å². The highest BCUT2D eigenvalue weighted by Gasteiger charge is 2.10. The summed E-state index contributed by atoms with van der Waals surface area (Å²) in [6, 6.07) is 9.89. The Labute approximate surface area is 170 Å². The number of carbonyl (C=O) groups is 1. The van der Waals surface area contributed by atoms with Crippen molar-refractivity contribution >= 4 is 43.4 Å². The van der Waals surface area contributed by atoms with Crippen molar-refractivity contribution in [1.29, 1.82) is 0 Å². The van der Waals surface area contributed by atoms with Gasteiger partial charge >= 0.3 is 5.97 Å². The largest absolute Gasteiger partial charge is 0.480 e. The lowest BCUT2D eigenvalue weighted by Gasteiger charge is -2.03. The number of aromatic nitrogens is 3. The van der Waals surface area contributed by atoms with E-state index >= 15 is 0 Å². The molecule has 2 aromatic carbocycles. The Hall–Kier alpha value is -3.79. The third-order valence-electron chi connectivity index (χ3n) is 4.45. The van der Waals surface area contributed by atoms with Gasteiger partial charge in [-0.25, -0.2) is 8.42 Å². The predicted molar refractivity (Wildman–Crippen MR) is 113 cm³/mol. The van der Waals surface area contributed by atoms with Gasteiger partial charge in [-0.1, -0.05) is 12.1 Å². The average molecular weight is 424 g/mol. The van der Waals surface area contributed by atoms with Crippen molar-refractivity contribution in [3.05, 3.63) is 65.2 Å². The van der Waals surface area contributed by atoms with Gasteiger partial charge in [0.15, 0.2) is 5.43 Å². The van der Waals surface area contributed by atoms with Gasteiger partial charge < -0.3 is 5.11 Å². The van der Waals surface area contributed by atoms with Gasteiger partial charge in [0.1, 0.15) is 6.54 Å². The van der Waals surface area contributed by atoms with Crippen LogP contribution in [0.25, 0.3) is 32.8 Å². The number of nitrogens with zero attached hydrogens (tertiary/aromatic N) is 3. The maximum atomic E-state index is 13.2. The smallest absolute Gasteiger partial charge is 0.325 e. The van der Waals surface area contributed by atoms with Crippen LogP contribution in [0.15, 0.2) is 59.8 Å². The summed E-state index contributed by atoms with van der Waals surface area (Å²) < 4.78 is 26.7. The molecule has 4 aromatic rings. The molecule has 152 valence electrons. The molecule has 2 heterocycles. The Morgan fingerprint density at radius 1 is 1.10 bits per heavy atom. The summed E-state index contributed by atoms with van der Waals surface area (Å²) in [5.74, 6) is -1.01. The fourth-order valence-electron chi connectivity index (χ4n) is 3.18. The van der Waals surface area contributed by atoms with Crippen LogP contribution in [0.2, 0.25) is 0 Å². The minimum absolute atomic E-state index is 0.274. The van der Waals surface area contributed by atoms with Gasteiger partial charge in [-0.05, 0) is 29.7 Å². The van der Waals surface area contributed by atoms with Crippen molar-refractivity contribution in [2.45, 2.75) is 6.54 Å². The van der Waals surface area contributed by atoms with E-state index in [1.54, 1.807) is 42.7 Å². The number of nitrogens with one attached hydrogen (secondary N) is 1. The van der Waals surface area contributed by atoms with E-state index in [0.29, 0.717) is 38.5 Å². The first-order valence-electron chi connectivity index (χ1n) is 8.79. The van der Waals surface area contributed by atoms with Crippen LogP contribution in [0.4, 0.5) is 5.69 Å². The van der Waals surface area contributed by atoms with Crippen LogP contribution in [0.3, 0.4) is 0 Å². The van der Waals surface area contributed by atoms with Gasteiger partial charge in [-0.2, -0.15) is 5.10 Å². The molecule has 0 saturated carbocycles. The highest BCUT2D eigenvalue weighted by atomic mass is 32.2. The first kappa shape index (κ1) is 19.5.